The maximum absolute atomic E-state index is 13.5. The third-order valence-electron chi connectivity index (χ3n) is 3.54. The number of amides is 1. The number of halogens is 4. The lowest BCUT2D eigenvalue weighted by Gasteiger charge is -2.13. The first kappa shape index (κ1) is 19.3. The number of nitrogens with zero attached hydrogens (tertiary/aromatic N) is 3. The van der Waals surface area contributed by atoms with Crippen molar-refractivity contribution in [3.63, 3.8) is 0 Å². The van der Waals surface area contributed by atoms with Gasteiger partial charge in [0.1, 0.15) is 0 Å². The maximum atomic E-state index is 13.5. The summed E-state index contributed by atoms with van der Waals surface area (Å²) in [4.78, 5) is 12.0. The zero-order chi connectivity index (χ0) is 20.3. The molecule has 3 rings (SSSR count). The molecule has 0 aliphatic rings. The van der Waals surface area contributed by atoms with Crippen LogP contribution in [0.2, 0.25) is 5.02 Å². The Labute approximate surface area is 161 Å². The summed E-state index contributed by atoms with van der Waals surface area (Å²) in [5.74, 6) is -0.756. The van der Waals surface area contributed by atoms with Crippen molar-refractivity contribution in [1.29, 1.82) is 5.26 Å². The molecule has 1 aromatic heterocycles. The van der Waals surface area contributed by atoms with Gasteiger partial charge < -0.3 is 4.74 Å². The number of anilines is 1. The molecular weight excluding hydrogens is 397 g/mol. The minimum Gasteiger partial charge on any atom is -0.406 e. The van der Waals surface area contributed by atoms with Crippen molar-refractivity contribution in [2.75, 3.05) is 5.32 Å². The number of nitrogens with one attached hydrogen (secondary N) is 1. The minimum atomic E-state index is -4.83. The standard InChI is InChI=1S/C18H10ClF3N4O2/c19-12-3-7-14(8-4-12)26-16(18(20,21)22)15(10-24-26)28-17(27)25-13-5-1-11(9-23)2-6-13/h1-8,10H,(H,25,27). The monoisotopic (exact) mass is 406 g/mol. The summed E-state index contributed by atoms with van der Waals surface area (Å²) in [7, 11) is 0. The second-order valence-electron chi connectivity index (χ2n) is 5.45. The van der Waals surface area contributed by atoms with Crippen molar-refractivity contribution in [2.24, 2.45) is 0 Å². The summed E-state index contributed by atoms with van der Waals surface area (Å²) in [6, 6.07) is 13.2. The summed E-state index contributed by atoms with van der Waals surface area (Å²) in [5, 5.41) is 15.1. The Morgan fingerprint density at radius 1 is 1.14 bits per heavy atom. The highest BCUT2D eigenvalue weighted by molar-refractivity contribution is 6.30. The van der Waals surface area contributed by atoms with Gasteiger partial charge in [0.25, 0.3) is 0 Å². The van der Waals surface area contributed by atoms with Crippen LogP contribution in [0.1, 0.15) is 11.3 Å². The fraction of sp³-hybridized carbons (Fsp3) is 0.0556. The highest BCUT2D eigenvalue weighted by atomic mass is 35.5. The molecule has 0 atom stereocenters. The molecule has 6 nitrogen and oxygen atoms in total. The molecule has 0 spiro atoms. The van der Waals surface area contributed by atoms with Crippen molar-refractivity contribution in [1.82, 2.24) is 9.78 Å². The van der Waals surface area contributed by atoms with E-state index in [1.165, 1.54) is 48.5 Å². The molecule has 0 fully saturated rings. The molecule has 0 saturated heterocycles. The van der Waals surface area contributed by atoms with Crippen LogP contribution in [0.3, 0.4) is 0 Å². The third-order valence-corrected chi connectivity index (χ3v) is 3.79. The van der Waals surface area contributed by atoms with E-state index in [-0.39, 0.29) is 11.4 Å². The number of hydrogen-bond acceptors (Lipinski definition) is 4. The predicted molar refractivity (Wildman–Crippen MR) is 94.4 cm³/mol. The van der Waals surface area contributed by atoms with E-state index in [1.54, 1.807) is 0 Å². The van der Waals surface area contributed by atoms with E-state index in [0.717, 1.165) is 6.20 Å². The van der Waals surface area contributed by atoms with Crippen molar-refractivity contribution >= 4 is 23.4 Å². The Hall–Kier alpha value is -3.51. The van der Waals surface area contributed by atoms with Crippen molar-refractivity contribution in [3.8, 4) is 17.5 Å². The van der Waals surface area contributed by atoms with Crippen molar-refractivity contribution in [2.45, 2.75) is 6.18 Å². The van der Waals surface area contributed by atoms with E-state index < -0.39 is 23.7 Å². The van der Waals surface area contributed by atoms with Gasteiger partial charge in [-0.3, -0.25) is 5.32 Å². The summed E-state index contributed by atoms with van der Waals surface area (Å²) in [6.45, 7) is 0. The molecule has 2 aromatic carbocycles. The topological polar surface area (TPSA) is 79.9 Å². The van der Waals surface area contributed by atoms with Gasteiger partial charge in [0.15, 0.2) is 11.4 Å². The van der Waals surface area contributed by atoms with Gasteiger partial charge in [-0.1, -0.05) is 11.6 Å². The van der Waals surface area contributed by atoms with Crippen molar-refractivity contribution < 1.29 is 22.7 Å². The molecule has 0 bridgehead atoms. The Bertz CT molecular complexity index is 1040. The number of hydrogen-bond donors (Lipinski definition) is 1. The molecule has 0 aliphatic carbocycles. The summed E-state index contributed by atoms with van der Waals surface area (Å²) in [6.07, 6.45) is -5.17. The second-order valence-corrected chi connectivity index (χ2v) is 5.88. The van der Waals surface area contributed by atoms with Gasteiger partial charge in [-0.25, -0.2) is 9.48 Å². The smallest absolute Gasteiger partial charge is 0.406 e. The van der Waals surface area contributed by atoms with Crippen LogP contribution in [0.5, 0.6) is 5.75 Å². The fourth-order valence-corrected chi connectivity index (χ4v) is 2.44. The van der Waals surface area contributed by atoms with E-state index in [2.05, 4.69) is 10.4 Å². The van der Waals surface area contributed by atoms with E-state index >= 15 is 0 Å². The van der Waals surface area contributed by atoms with E-state index in [0.29, 0.717) is 15.3 Å². The summed E-state index contributed by atoms with van der Waals surface area (Å²) >= 11 is 5.75. The quantitative estimate of drug-likeness (QED) is 0.661. The molecule has 0 unspecified atom stereocenters. The molecule has 10 heteroatoms. The predicted octanol–water partition coefficient (Wildman–Crippen LogP) is 5.03. The molecule has 28 heavy (non-hydrogen) atoms. The average Bonchev–Trinajstić information content (AvgIpc) is 3.06. The third kappa shape index (κ3) is 4.24. The number of carbonyl (C=O) groups excluding carboxylic acids is 1. The Morgan fingerprint density at radius 2 is 1.79 bits per heavy atom. The lowest BCUT2D eigenvalue weighted by molar-refractivity contribution is -0.143. The van der Waals surface area contributed by atoms with Crippen LogP contribution in [0.4, 0.5) is 23.7 Å². The first-order valence-corrected chi connectivity index (χ1v) is 8.06. The average molecular weight is 407 g/mol. The number of carbonyl (C=O) groups is 1. The van der Waals surface area contributed by atoms with Gasteiger partial charge in [-0.15, -0.1) is 0 Å². The van der Waals surface area contributed by atoms with Gasteiger partial charge >= 0.3 is 12.3 Å². The number of ether oxygens (including phenoxy) is 1. The number of rotatable bonds is 3. The normalized spacial score (nSPS) is 11.0. The number of alkyl halides is 3. The molecule has 0 aliphatic heterocycles. The highest BCUT2D eigenvalue weighted by Crippen LogP contribution is 2.37. The summed E-state index contributed by atoms with van der Waals surface area (Å²) in [5.41, 5.74) is -0.533. The second kappa shape index (κ2) is 7.62. The zero-order valence-electron chi connectivity index (χ0n) is 13.9. The largest absolute Gasteiger partial charge is 0.437 e. The molecule has 1 amide bonds. The maximum Gasteiger partial charge on any atom is 0.437 e. The van der Waals surface area contributed by atoms with Gasteiger partial charge in [0.2, 0.25) is 0 Å². The highest BCUT2D eigenvalue weighted by Gasteiger charge is 2.40. The molecule has 0 saturated carbocycles. The van der Waals surface area contributed by atoms with Crippen LogP contribution in [-0.2, 0) is 6.18 Å². The lowest BCUT2D eigenvalue weighted by Crippen LogP contribution is -2.20. The van der Waals surface area contributed by atoms with Gasteiger partial charge in [-0.05, 0) is 48.5 Å². The Morgan fingerprint density at radius 3 is 2.36 bits per heavy atom. The van der Waals surface area contributed by atoms with Crippen LogP contribution < -0.4 is 10.1 Å². The van der Waals surface area contributed by atoms with E-state index in [9.17, 15) is 18.0 Å². The van der Waals surface area contributed by atoms with Crippen LogP contribution in [0.15, 0.2) is 54.7 Å². The first-order valence-electron chi connectivity index (χ1n) is 7.68. The number of nitriles is 1. The molecule has 1 N–H and O–H groups in total. The van der Waals surface area contributed by atoms with Crippen LogP contribution in [0.25, 0.3) is 5.69 Å². The molecule has 1 heterocycles. The molecule has 3 aromatic rings. The van der Waals surface area contributed by atoms with Crippen LogP contribution in [0, 0.1) is 11.3 Å². The van der Waals surface area contributed by atoms with E-state index in [1.807, 2.05) is 6.07 Å². The van der Waals surface area contributed by atoms with Gasteiger partial charge in [0.05, 0.1) is 23.5 Å². The van der Waals surface area contributed by atoms with E-state index in [4.69, 9.17) is 21.6 Å². The Balaban J connectivity index is 1.86. The minimum absolute atomic E-state index is 0.0964. The zero-order valence-corrected chi connectivity index (χ0v) is 14.6. The fourth-order valence-electron chi connectivity index (χ4n) is 2.32. The van der Waals surface area contributed by atoms with Crippen molar-refractivity contribution in [3.05, 3.63) is 71.0 Å². The number of benzene rings is 2. The lowest BCUT2D eigenvalue weighted by atomic mass is 10.2. The Kier molecular flexibility index (Phi) is 5.24. The SMILES string of the molecule is N#Cc1ccc(NC(=O)Oc2cnn(-c3ccc(Cl)cc3)c2C(F)(F)F)cc1. The van der Waals surface area contributed by atoms with Crippen LogP contribution >= 0.6 is 11.6 Å². The molecule has 142 valence electrons. The van der Waals surface area contributed by atoms with Crippen LogP contribution in [-0.4, -0.2) is 15.9 Å². The molecular formula is C18H10ClF3N4O2. The summed E-state index contributed by atoms with van der Waals surface area (Å²) < 4.78 is 46.0. The molecule has 0 radical (unpaired) electrons. The van der Waals surface area contributed by atoms with Gasteiger partial charge in [-0.2, -0.15) is 23.5 Å². The first-order chi connectivity index (χ1) is 13.3. The van der Waals surface area contributed by atoms with Gasteiger partial charge in [0, 0.05) is 10.7 Å². The number of aromatic nitrogens is 2.